The normalized spacial score (nSPS) is 22.5. The van der Waals surface area contributed by atoms with Crippen molar-refractivity contribution in [2.24, 2.45) is 0 Å². The van der Waals surface area contributed by atoms with Gasteiger partial charge in [-0.1, -0.05) is 5.16 Å². The molecule has 2 atom stereocenters. The molecule has 21 heavy (non-hydrogen) atoms. The number of hydrogen-bond donors (Lipinski definition) is 1. The lowest BCUT2D eigenvalue weighted by Crippen LogP contribution is -2.34. The van der Waals surface area contributed by atoms with Crippen molar-refractivity contribution >= 4 is 0 Å². The van der Waals surface area contributed by atoms with Gasteiger partial charge in [-0.15, -0.1) is 0 Å². The molecule has 2 heterocycles. The largest absolute Gasteiger partial charge is 0.339 e. The average Bonchev–Trinajstić information content (AvgIpc) is 2.94. The van der Waals surface area contributed by atoms with Crippen LogP contribution in [0.4, 0.5) is 13.2 Å². The van der Waals surface area contributed by atoms with Crippen LogP contribution in [0.3, 0.4) is 0 Å². The molecule has 1 aliphatic rings. The number of halogens is 3. The Balaban J connectivity index is 1.88. The first kappa shape index (κ1) is 14.1. The van der Waals surface area contributed by atoms with Gasteiger partial charge in [0.15, 0.2) is 17.5 Å². The standard InChI is InChI=1S/C14H14F3N3O/c1-7-4-8(2-3-18-7)14-19-13(20-21-14)9-5-10(15)12(17)11(16)6-9/h5-8,18H,2-4H2,1H3. The van der Waals surface area contributed by atoms with E-state index in [0.29, 0.717) is 11.9 Å². The first-order valence-electron chi connectivity index (χ1n) is 6.76. The van der Waals surface area contributed by atoms with Crippen molar-refractivity contribution in [2.45, 2.75) is 31.7 Å². The van der Waals surface area contributed by atoms with Gasteiger partial charge in [0.2, 0.25) is 11.7 Å². The van der Waals surface area contributed by atoms with Gasteiger partial charge in [-0.3, -0.25) is 0 Å². The Morgan fingerprint density at radius 3 is 2.62 bits per heavy atom. The molecule has 1 fully saturated rings. The van der Waals surface area contributed by atoms with Crippen LogP contribution in [0, 0.1) is 17.5 Å². The summed E-state index contributed by atoms with van der Waals surface area (Å²) in [7, 11) is 0. The third kappa shape index (κ3) is 2.78. The molecule has 1 N–H and O–H groups in total. The molecule has 0 amide bonds. The van der Waals surface area contributed by atoms with E-state index in [0.717, 1.165) is 31.5 Å². The number of nitrogens with zero attached hydrogens (tertiary/aromatic N) is 2. The van der Waals surface area contributed by atoms with Gasteiger partial charge in [0.25, 0.3) is 0 Å². The molecule has 4 nitrogen and oxygen atoms in total. The Morgan fingerprint density at radius 1 is 1.24 bits per heavy atom. The van der Waals surface area contributed by atoms with E-state index in [4.69, 9.17) is 4.52 Å². The van der Waals surface area contributed by atoms with Gasteiger partial charge in [0, 0.05) is 17.5 Å². The first-order valence-corrected chi connectivity index (χ1v) is 6.76. The maximum absolute atomic E-state index is 13.2. The summed E-state index contributed by atoms with van der Waals surface area (Å²) in [5.41, 5.74) is 0.0587. The van der Waals surface area contributed by atoms with Crippen LogP contribution in [0.2, 0.25) is 0 Å². The minimum atomic E-state index is -1.50. The highest BCUT2D eigenvalue weighted by Crippen LogP contribution is 2.28. The van der Waals surface area contributed by atoms with Gasteiger partial charge < -0.3 is 9.84 Å². The molecule has 0 saturated carbocycles. The Hall–Kier alpha value is -1.89. The third-order valence-corrected chi connectivity index (χ3v) is 3.66. The van der Waals surface area contributed by atoms with Crippen LogP contribution < -0.4 is 5.32 Å². The zero-order valence-electron chi connectivity index (χ0n) is 11.4. The second kappa shape index (κ2) is 5.48. The highest BCUT2D eigenvalue weighted by Gasteiger charge is 2.25. The van der Waals surface area contributed by atoms with Crippen LogP contribution in [0.1, 0.15) is 31.6 Å². The fourth-order valence-corrected chi connectivity index (χ4v) is 2.56. The van der Waals surface area contributed by atoms with Crippen molar-refractivity contribution in [3.05, 3.63) is 35.5 Å². The SMILES string of the molecule is CC1CC(c2nc(-c3cc(F)c(F)c(F)c3)no2)CCN1. The minimum Gasteiger partial charge on any atom is -0.339 e. The molecule has 2 unspecified atom stereocenters. The number of piperidine rings is 1. The molecule has 2 aromatic rings. The van der Waals surface area contributed by atoms with Gasteiger partial charge in [-0.2, -0.15) is 4.98 Å². The quantitative estimate of drug-likeness (QED) is 0.866. The van der Waals surface area contributed by atoms with E-state index in [2.05, 4.69) is 22.4 Å². The van der Waals surface area contributed by atoms with Crippen LogP contribution in [0.25, 0.3) is 11.4 Å². The van der Waals surface area contributed by atoms with E-state index >= 15 is 0 Å². The second-order valence-electron chi connectivity index (χ2n) is 5.29. The molecule has 7 heteroatoms. The van der Waals surface area contributed by atoms with E-state index in [1.165, 1.54) is 0 Å². The number of benzene rings is 1. The van der Waals surface area contributed by atoms with E-state index in [1.807, 2.05) is 0 Å². The Labute approximate surface area is 119 Å². The van der Waals surface area contributed by atoms with E-state index in [9.17, 15) is 13.2 Å². The van der Waals surface area contributed by atoms with E-state index < -0.39 is 17.5 Å². The second-order valence-corrected chi connectivity index (χ2v) is 5.29. The maximum atomic E-state index is 13.2. The van der Waals surface area contributed by atoms with Crippen molar-refractivity contribution in [2.75, 3.05) is 6.54 Å². The fourth-order valence-electron chi connectivity index (χ4n) is 2.56. The van der Waals surface area contributed by atoms with Crippen molar-refractivity contribution in [3.8, 4) is 11.4 Å². The highest BCUT2D eigenvalue weighted by atomic mass is 19.2. The van der Waals surface area contributed by atoms with Gasteiger partial charge in [-0.25, -0.2) is 13.2 Å². The maximum Gasteiger partial charge on any atom is 0.230 e. The predicted octanol–water partition coefficient (Wildman–Crippen LogP) is 3.01. The summed E-state index contributed by atoms with van der Waals surface area (Å²) in [4.78, 5) is 4.19. The lowest BCUT2D eigenvalue weighted by atomic mass is 9.93. The van der Waals surface area contributed by atoms with Gasteiger partial charge in [0.1, 0.15) is 0 Å². The number of rotatable bonds is 2. The topological polar surface area (TPSA) is 51.0 Å². The van der Waals surface area contributed by atoms with Crippen LogP contribution >= 0.6 is 0 Å². The van der Waals surface area contributed by atoms with Crippen LogP contribution in [0.15, 0.2) is 16.7 Å². The molecular formula is C14H14F3N3O. The fraction of sp³-hybridized carbons (Fsp3) is 0.429. The molecule has 3 rings (SSSR count). The lowest BCUT2D eigenvalue weighted by Gasteiger charge is -2.25. The van der Waals surface area contributed by atoms with Crippen LogP contribution in [-0.2, 0) is 0 Å². The molecule has 1 aliphatic heterocycles. The molecule has 1 aromatic heterocycles. The molecule has 1 aromatic carbocycles. The average molecular weight is 297 g/mol. The van der Waals surface area contributed by atoms with E-state index in [1.54, 1.807) is 0 Å². The molecule has 0 radical (unpaired) electrons. The minimum absolute atomic E-state index is 0.0587. The van der Waals surface area contributed by atoms with Crippen LogP contribution in [0.5, 0.6) is 0 Å². The van der Waals surface area contributed by atoms with Crippen molar-refractivity contribution < 1.29 is 17.7 Å². The molecule has 0 bridgehead atoms. The van der Waals surface area contributed by atoms with Crippen LogP contribution in [-0.4, -0.2) is 22.7 Å². The van der Waals surface area contributed by atoms with Crippen molar-refractivity contribution in [1.82, 2.24) is 15.5 Å². The summed E-state index contributed by atoms with van der Waals surface area (Å²) >= 11 is 0. The summed E-state index contributed by atoms with van der Waals surface area (Å²) in [5, 5.41) is 7.05. The van der Waals surface area contributed by atoms with Gasteiger partial charge in [0.05, 0.1) is 0 Å². The smallest absolute Gasteiger partial charge is 0.230 e. The Kier molecular flexibility index (Phi) is 3.67. The monoisotopic (exact) mass is 297 g/mol. The van der Waals surface area contributed by atoms with Gasteiger partial charge in [-0.05, 0) is 38.4 Å². The summed E-state index contributed by atoms with van der Waals surface area (Å²) < 4.78 is 44.6. The summed E-state index contributed by atoms with van der Waals surface area (Å²) in [6, 6.07) is 2.07. The molecule has 0 spiro atoms. The van der Waals surface area contributed by atoms with E-state index in [-0.39, 0.29) is 17.3 Å². The van der Waals surface area contributed by atoms with Crippen molar-refractivity contribution in [1.29, 1.82) is 0 Å². The molecule has 1 saturated heterocycles. The summed E-state index contributed by atoms with van der Waals surface area (Å²) in [6.07, 6.45) is 1.71. The number of nitrogens with one attached hydrogen (secondary N) is 1. The molecule has 0 aliphatic carbocycles. The Bertz CT molecular complexity index is 636. The number of hydrogen-bond acceptors (Lipinski definition) is 4. The van der Waals surface area contributed by atoms with Crippen molar-refractivity contribution in [3.63, 3.8) is 0 Å². The molecular weight excluding hydrogens is 283 g/mol. The lowest BCUT2D eigenvalue weighted by molar-refractivity contribution is 0.295. The summed E-state index contributed by atoms with van der Waals surface area (Å²) in [5.74, 6) is -3.41. The zero-order valence-corrected chi connectivity index (χ0v) is 11.4. The Morgan fingerprint density at radius 2 is 1.95 bits per heavy atom. The zero-order chi connectivity index (χ0) is 15.0. The predicted molar refractivity (Wildman–Crippen MR) is 69.0 cm³/mol. The third-order valence-electron chi connectivity index (χ3n) is 3.66. The van der Waals surface area contributed by atoms with Gasteiger partial charge >= 0.3 is 0 Å². The highest BCUT2D eigenvalue weighted by molar-refractivity contribution is 5.54. The first-order chi connectivity index (χ1) is 10.0. The summed E-state index contributed by atoms with van der Waals surface area (Å²) in [6.45, 7) is 2.91. The molecule has 112 valence electrons. The number of aromatic nitrogens is 2.